The van der Waals surface area contributed by atoms with Gasteiger partial charge in [-0.2, -0.15) is 0 Å². The third kappa shape index (κ3) is 3.62. The summed E-state index contributed by atoms with van der Waals surface area (Å²) in [5.41, 5.74) is 2.60. The van der Waals surface area contributed by atoms with E-state index < -0.39 is 0 Å². The molecule has 1 amide bonds. The van der Waals surface area contributed by atoms with Crippen LogP contribution < -0.4 is 5.32 Å². The molecule has 3 aliphatic rings. The van der Waals surface area contributed by atoms with E-state index in [0.29, 0.717) is 29.8 Å². The zero-order chi connectivity index (χ0) is 17.4. The highest BCUT2D eigenvalue weighted by atomic mass is 16.2. The van der Waals surface area contributed by atoms with Gasteiger partial charge in [0, 0.05) is 25.0 Å². The first-order valence-electron chi connectivity index (χ1n) is 10.2. The number of amides is 1. The predicted molar refractivity (Wildman–Crippen MR) is 101 cm³/mol. The normalized spacial score (nSPS) is 35.0. The molecular weight excluding hydrogens is 308 g/mol. The van der Waals surface area contributed by atoms with E-state index in [1.807, 2.05) is 0 Å². The number of nitrogens with one attached hydrogen (secondary N) is 1. The van der Waals surface area contributed by atoms with Crippen molar-refractivity contribution in [2.45, 2.75) is 76.9 Å². The van der Waals surface area contributed by atoms with Crippen LogP contribution in [0.2, 0.25) is 0 Å². The zero-order valence-electron chi connectivity index (χ0n) is 15.7. The number of hydrogen-bond acceptors (Lipinski definition) is 2. The second kappa shape index (κ2) is 7.11. The summed E-state index contributed by atoms with van der Waals surface area (Å²) in [6, 6.07) is 10.4. The van der Waals surface area contributed by atoms with E-state index >= 15 is 0 Å². The molecular formula is C22H32N2O. The average Bonchev–Trinajstić information content (AvgIpc) is 2.94. The lowest BCUT2D eigenvalue weighted by atomic mass is 9.84. The van der Waals surface area contributed by atoms with Crippen LogP contribution in [0.15, 0.2) is 24.3 Å². The van der Waals surface area contributed by atoms with Gasteiger partial charge < -0.3 is 10.2 Å². The van der Waals surface area contributed by atoms with Crippen molar-refractivity contribution in [3.63, 3.8) is 0 Å². The zero-order valence-corrected chi connectivity index (χ0v) is 15.7. The first kappa shape index (κ1) is 17.1. The van der Waals surface area contributed by atoms with E-state index in [9.17, 15) is 4.79 Å². The van der Waals surface area contributed by atoms with E-state index in [0.717, 1.165) is 19.4 Å². The van der Waals surface area contributed by atoms with E-state index in [4.69, 9.17) is 0 Å². The number of nitrogens with zero attached hydrogens (tertiary/aromatic N) is 1. The second-order valence-corrected chi connectivity index (χ2v) is 8.74. The lowest BCUT2D eigenvalue weighted by Crippen LogP contribution is -2.44. The monoisotopic (exact) mass is 340 g/mol. The van der Waals surface area contributed by atoms with Crippen LogP contribution in [0, 0.1) is 18.8 Å². The minimum Gasteiger partial charge on any atom is -0.335 e. The van der Waals surface area contributed by atoms with Gasteiger partial charge in [-0.05, 0) is 62.8 Å². The summed E-state index contributed by atoms with van der Waals surface area (Å²) in [6.07, 6.45) is 8.13. The van der Waals surface area contributed by atoms with Gasteiger partial charge in [0.2, 0.25) is 5.91 Å². The molecule has 0 radical (unpaired) electrons. The number of benzene rings is 1. The van der Waals surface area contributed by atoms with Crippen LogP contribution >= 0.6 is 0 Å². The Bertz CT molecular complexity index is 599. The number of likely N-dealkylation sites (tertiary alicyclic amines) is 1. The highest BCUT2D eigenvalue weighted by molar-refractivity contribution is 5.77. The number of rotatable bonds is 3. The number of aryl methyl sites for hydroxylation is 1. The first-order chi connectivity index (χ1) is 12.1. The minimum atomic E-state index is 0.264. The fraction of sp³-hybridized carbons (Fsp3) is 0.682. The summed E-state index contributed by atoms with van der Waals surface area (Å²) in [5.74, 6) is 1.52. The molecule has 0 aromatic heterocycles. The molecule has 3 fully saturated rings. The Morgan fingerprint density at radius 2 is 1.80 bits per heavy atom. The van der Waals surface area contributed by atoms with Crippen LogP contribution in [0.5, 0.6) is 0 Å². The molecule has 0 spiro atoms. The molecule has 25 heavy (non-hydrogen) atoms. The van der Waals surface area contributed by atoms with Crippen molar-refractivity contribution in [3.05, 3.63) is 35.4 Å². The van der Waals surface area contributed by atoms with Crippen molar-refractivity contribution < 1.29 is 4.79 Å². The van der Waals surface area contributed by atoms with Gasteiger partial charge in [-0.3, -0.25) is 4.79 Å². The van der Waals surface area contributed by atoms with Crippen LogP contribution in [-0.2, 0) is 4.79 Å². The van der Waals surface area contributed by atoms with E-state index in [-0.39, 0.29) is 6.04 Å². The van der Waals surface area contributed by atoms with Crippen molar-refractivity contribution in [1.29, 1.82) is 0 Å². The predicted octanol–water partition coefficient (Wildman–Crippen LogP) is 4.22. The second-order valence-electron chi connectivity index (χ2n) is 8.74. The number of carbonyl (C=O) groups is 1. The Morgan fingerprint density at radius 1 is 1.12 bits per heavy atom. The molecule has 2 bridgehead atoms. The van der Waals surface area contributed by atoms with Gasteiger partial charge in [-0.15, -0.1) is 0 Å². The highest BCUT2D eigenvalue weighted by Crippen LogP contribution is 2.38. The van der Waals surface area contributed by atoms with Crippen LogP contribution in [0.3, 0.4) is 0 Å². The van der Waals surface area contributed by atoms with Crippen molar-refractivity contribution in [3.8, 4) is 0 Å². The number of carbonyl (C=O) groups excluding carboxylic acids is 1. The maximum atomic E-state index is 13.2. The molecule has 4 unspecified atom stereocenters. The summed E-state index contributed by atoms with van der Waals surface area (Å²) >= 11 is 0. The molecule has 3 heterocycles. The number of piperidine rings is 2. The molecule has 3 heteroatoms. The van der Waals surface area contributed by atoms with Gasteiger partial charge in [0.05, 0.1) is 6.04 Å². The molecule has 4 atom stereocenters. The fourth-order valence-electron chi connectivity index (χ4n) is 5.45. The van der Waals surface area contributed by atoms with Gasteiger partial charge in [-0.1, -0.05) is 36.8 Å². The van der Waals surface area contributed by atoms with Gasteiger partial charge >= 0.3 is 0 Å². The molecule has 0 aliphatic carbocycles. The van der Waals surface area contributed by atoms with E-state index in [2.05, 4.69) is 48.3 Å². The number of hydrogen-bond donors (Lipinski definition) is 1. The maximum Gasteiger partial charge on any atom is 0.223 e. The largest absolute Gasteiger partial charge is 0.335 e. The summed E-state index contributed by atoms with van der Waals surface area (Å²) in [6.45, 7) is 5.37. The van der Waals surface area contributed by atoms with Crippen molar-refractivity contribution in [2.24, 2.45) is 11.8 Å². The third-order valence-corrected chi connectivity index (χ3v) is 6.71. The molecule has 1 aromatic carbocycles. The quantitative estimate of drug-likeness (QED) is 0.894. The fourth-order valence-corrected chi connectivity index (χ4v) is 5.45. The minimum absolute atomic E-state index is 0.264. The first-order valence-corrected chi connectivity index (χ1v) is 10.2. The maximum absolute atomic E-state index is 13.2. The van der Waals surface area contributed by atoms with Crippen LogP contribution in [0.1, 0.15) is 69.0 Å². The Morgan fingerprint density at radius 3 is 2.48 bits per heavy atom. The van der Waals surface area contributed by atoms with Gasteiger partial charge in [0.25, 0.3) is 0 Å². The molecule has 0 saturated carbocycles. The van der Waals surface area contributed by atoms with Crippen LogP contribution in [-0.4, -0.2) is 29.4 Å². The van der Waals surface area contributed by atoms with E-state index in [1.165, 1.54) is 43.2 Å². The highest BCUT2D eigenvalue weighted by Gasteiger charge is 2.37. The third-order valence-electron chi connectivity index (χ3n) is 6.71. The van der Waals surface area contributed by atoms with E-state index in [1.54, 1.807) is 0 Å². The smallest absolute Gasteiger partial charge is 0.223 e. The Hall–Kier alpha value is -1.35. The van der Waals surface area contributed by atoms with Crippen LogP contribution in [0.25, 0.3) is 0 Å². The molecule has 4 rings (SSSR count). The average molecular weight is 341 g/mol. The standard InChI is InChI=1S/C22H32N2O/c1-15-5-7-18(8-6-15)22-16(2)4-3-11-24(22)21(25)14-17-12-19-9-10-20(13-17)23-19/h5-8,16-17,19-20,22-23H,3-4,9-14H2,1-2H3. The Kier molecular flexibility index (Phi) is 4.86. The van der Waals surface area contributed by atoms with Gasteiger partial charge in [-0.25, -0.2) is 0 Å². The van der Waals surface area contributed by atoms with Crippen LogP contribution in [0.4, 0.5) is 0 Å². The molecule has 3 aliphatic heterocycles. The summed E-state index contributed by atoms with van der Waals surface area (Å²) in [5, 5.41) is 3.70. The van der Waals surface area contributed by atoms with Gasteiger partial charge in [0.1, 0.15) is 0 Å². The van der Waals surface area contributed by atoms with Crippen molar-refractivity contribution >= 4 is 5.91 Å². The SMILES string of the molecule is Cc1ccc(C2C(C)CCCN2C(=O)CC2CC3CCC(C2)N3)cc1. The summed E-state index contributed by atoms with van der Waals surface area (Å²) < 4.78 is 0. The topological polar surface area (TPSA) is 32.3 Å². The lowest BCUT2D eigenvalue weighted by molar-refractivity contribution is -0.137. The van der Waals surface area contributed by atoms with Gasteiger partial charge in [0.15, 0.2) is 0 Å². The molecule has 136 valence electrons. The molecule has 3 saturated heterocycles. The summed E-state index contributed by atoms with van der Waals surface area (Å²) in [7, 11) is 0. The Labute approximate surface area is 152 Å². The van der Waals surface area contributed by atoms with Crippen molar-refractivity contribution in [2.75, 3.05) is 6.54 Å². The summed E-state index contributed by atoms with van der Waals surface area (Å²) in [4.78, 5) is 15.4. The van der Waals surface area contributed by atoms with Crippen molar-refractivity contribution in [1.82, 2.24) is 10.2 Å². The number of fused-ring (bicyclic) bond motifs is 2. The lowest BCUT2D eigenvalue weighted by Gasteiger charge is -2.41. The molecule has 3 nitrogen and oxygen atoms in total. The Balaban J connectivity index is 1.48. The molecule has 1 aromatic rings. The molecule has 1 N–H and O–H groups in total.